The van der Waals surface area contributed by atoms with Gasteiger partial charge in [-0.2, -0.15) is 13.2 Å². The summed E-state index contributed by atoms with van der Waals surface area (Å²) < 4.78 is 42.7. The molecular formula is C14H15F3N2O4S. The first-order chi connectivity index (χ1) is 11.2. The minimum absolute atomic E-state index is 0.185. The summed E-state index contributed by atoms with van der Waals surface area (Å²) in [5.74, 6) is -1.86. The Morgan fingerprint density at radius 2 is 2.04 bits per heavy atom. The van der Waals surface area contributed by atoms with Crippen molar-refractivity contribution < 1.29 is 32.6 Å². The van der Waals surface area contributed by atoms with Crippen LogP contribution >= 0.6 is 11.8 Å². The molecule has 0 unspecified atom stereocenters. The molecule has 0 saturated carbocycles. The Balaban J connectivity index is 2.11. The minimum atomic E-state index is -4.58. The number of amides is 1. The van der Waals surface area contributed by atoms with E-state index in [1.165, 1.54) is 12.1 Å². The zero-order valence-corrected chi connectivity index (χ0v) is 13.2. The van der Waals surface area contributed by atoms with Gasteiger partial charge in [-0.05, 0) is 25.0 Å². The normalized spacial score (nSPS) is 17.3. The topological polar surface area (TPSA) is 88.5 Å². The molecule has 1 aromatic rings. The molecule has 1 amide bonds. The van der Waals surface area contributed by atoms with Crippen molar-refractivity contribution in [2.75, 3.05) is 19.8 Å². The molecule has 0 atom stereocenters. The van der Waals surface area contributed by atoms with Gasteiger partial charge in [0.15, 0.2) is 0 Å². The molecule has 132 valence electrons. The summed E-state index contributed by atoms with van der Waals surface area (Å²) in [6.45, 7) is 0.323. The summed E-state index contributed by atoms with van der Waals surface area (Å²) in [6, 6.07) is 2.56. The van der Waals surface area contributed by atoms with E-state index in [1.807, 2.05) is 0 Å². The highest BCUT2D eigenvalue weighted by molar-refractivity contribution is 8.00. The summed E-state index contributed by atoms with van der Waals surface area (Å²) in [7, 11) is 0. The third kappa shape index (κ3) is 4.60. The number of hydrogen-bond donors (Lipinski definition) is 2. The molecule has 6 nitrogen and oxygen atoms in total. The lowest BCUT2D eigenvalue weighted by Gasteiger charge is -2.33. The van der Waals surface area contributed by atoms with Gasteiger partial charge in [-0.25, -0.2) is 4.98 Å². The van der Waals surface area contributed by atoms with Crippen LogP contribution in [0.1, 0.15) is 23.2 Å². The SMILES string of the molecule is O=C(NCC1(C(=O)O)CCOCC1)c1cccnc1SC(F)(F)F. The Bertz CT molecular complexity index is 618. The van der Waals surface area contributed by atoms with E-state index < -0.39 is 39.6 Å². The molecule has 24 heavy (non-hydrogen) atoms. The predicted molar refractivity (Wildman–Crippen MR) is 78.6 cm³/mol. The maximum atomic E-state index is 12.5. The first kappa shape index (κ1) is 18.5. The first-order valence-electron chi connectivity index (χ1n) is 7.04. The van der Waals surface area contributed by atoms with Gasteiger partial charge in [0.05, 0.1) is 11.0 Å². The van der Waals surface area contributed by atoms with Crippen LogP contribution in [0, 0.1) is 5.41 Å². The lowest BCUT2D eigenvalue weighted by molar-refractivity contribution is -0.154. The fourth-order valence-corrected chi connectivity index (χ4v) is 2.93. The van der Waals surface area contributed by atoms with E-state index in [2.05, 4.69) is 10.3 Å². The molecule has 0 spiro atoms. The molecule has 1 fully saturated rings. The van der Waals surface area contributed by atoms with E-state index in [9.17, 15) is 27.9 Å². The van der Waals surface area contributed by atoms with Crippen LogP contribution in [-0.4, -0.2) is 47.2 Å². The Morgan fingerprint density at radius 1 is 1.38 bits per heavy atom. The van der Waals surface area contributed by atoms with Crippen molar-refractivity contribution in [3.63, 3.8) is 0 Å². The van der Waals surface area contributed by atoms with E-state index in [0.717, 1.165) is 6.20 Å². The molecule has 0 bridgehead atoms. The van der Waals surface area contributed by atoms with Gasteiger partial charge in [0, 0.05) is 37.7 Å². The molecule has 1 aromatic heterocycles. The maximum Gasteiger partial charge on any atom is 0.447 e. The predicted octanol–water partition coefficient (Wildman–Crippen LogP) is 2.30. The summed E-state index contributed by atoms with van der Waals surface area (Å²) in [5.41, 5.74) is -5.99. The second-order valence-electron chi connectivity index (χ2n) is 5.28. The maximum absolute atomic E-state index is 12.5. The Labute approximate surface area is 139 Å². The molecule has 0 aromatic carbocycles. The Hall–Kier alpha value is -1.81. The number of rotatable bonds is 5. The smallest absolute Gasteiger partial charge is 0.447 e. The van der Waals surface area contributed by atoms with Gasteiger partial charge in [-0.1, -0.05) is 0 Å². The van der Waals surface area contributed by atoms with Crippen molar-refractivity contribution in [2.24, 2.45) is 5.41 Å². The fourth-order valence-electron chi connectivity index (χ4n) is 2.33. The summed E-state index contributed by atoms with van der Waals surface area (Å²) >= 11 is -0.486. The quantitative estimate of drug-likeness (QED) is 0.780. The lowest BCUT2D eigenvalue weighted by Crippen LogP contribution is -2.46. The van der Waals surface area contributed by atoms with Gasteiger partial charge < -0.3 is 15.2 Å². The first-order valence-corrected chi connectivity index (χ1v) is 7.85. The summed E-state index contributed by atoms with van der Waals surface area (Å²) in [4.78, 5) is 27.3. The molecule has 0 radical (unpaired) electrons. The molecule has 10 heteroatoms. The second kappa shape index (κ2) is 7.39. The van der Waals surface area contributed by atoms with Crippen molar-refractivity contribution in [1.29, 1.82) is 0 Å². The number of pyridine rings is 1. The highest BCUT2D eigenvalue weighted by atomic mass is 32.2. The van der Waals surface area contributed by atoms with E-state index >= 15 is 0 Å². The summed E-state index contributed by atoms with van der Waals surface area (Å²) in [5, 5.41) is 11.4. The van der Waals surface area contributed by atoms with Crippen LogP contribution in [0.5, 0.6) is 0 Å². The molecule has 0 aliphatic carbocycles. The number of ether oxygens (including phenoxy) is 1. The molecule has 2 N–H and O–H groups in total. The third-order valence-corrected chi connectivity index (χ3v) is 4.47. The van der Waals surface area contributed by atoms with E-state index in [1.54, 1.807) is 0 Å². The van der Waals surface area contributed by atoms with Gasteiger partial charge in [0.25, 0.3) is 5.91 Å². The Morgan fingerprint density at radius 3 is 2.62 bits per heavy atom. The number of carbonyl (C=O) groups excluding carboxylic acids is 1. The third-order valence-electron chi connectivity index (χ3n) is 3.72. The van der Waals surface area contributed by atoms with Crippen molar-refractivity contribution >= 4 is 23.6 Å². The van der Waals surface area contributed by atoms with E-state index in [4.69, 9.17) is 4.74 Å². The number of alkyl halides is 3. The highest BCUT2D eigenvalue weighted by Gasteiger charge is 2.41. The number of thioether (sulfide) groups is 1. The zero-order chi connectivity index (χ0) is 17.8. The summed E-state index contributed by atoms with van der Waals surface area (Å²) in [6.07, 6.45) is 1.60. The molecule has 2 rings (SSSR count). The number of aromatic nitrogens is 1. The van der Waals surface area contributed by atoms with Gasteiger partial charge in [-0.15, -0.1) is 0 Å². The molecule has 1 saturated heterocycles. The zero-order valence-electron chi connectivity index (χ0n) is 12.4. The van der Waals surface area contributed by atoms with Gasteiger partial charge in [0.1, 0.15) is 5.03 Å². The molecule has 1 aliphatic rings. The lowest BCUT2D eigenvalue weighted by atomic mass is 9.80. The van der Waals surface area contributed by atoms with Crippen molar-refractivity contribution in [1.82, 2.24) is 10.3 Å². The molecular weight excluding hydrogens is 349 g/mol. The molecule has 1 aliphatic heterocycles. The number of halogens is 3. The van der Waals surface area contributed by atoms with Crippen molar-refractivity contribution in [3.05, 3.63) is 23.9 Å². The van der Waals surface area contributed by atoms with Gasteiger partial charge in [-0.3, -0.25) is 9.59 Å². The number of carboxylic acid groups (broad SMARTS) is 1. The number of aliphatic carboxylic acids is 1. The van der Waals surface area contributed by atoms with Gasteiger partial charge >= 0.3 is 11.5 Å². The van der Waals surface area contributed by atoms with Crippen LogP contribution in [0.15, 0.2) is 23.4 Å². The van der Waals surface area contributed by atoms with E-state index in [-0.39, 0.29) is 38.2 Å². The second-order valence-corrected chi connectivity index (χ2v) is 6.34. The minimum Gasteiger partial charge on any atom is -0.481 e. The van der Waals surface area contributed by atoms with Crippen LogP contribution in [0.4, 0.5) is 13.2 Å². The number of carboxylic acids is 1. The van der Waals surface area contributed by atoms with Crippen LogP contribution in [0.25, 0.3) is 0 Å². The number of nitrogens with one attached hydrogen (secondary N) is 1. The van der Waals surface area contributed by atoms with Gasteiger partial charge in [0.2, 0.25) is 0 Å². The van der Waals surface area contributed by atoms with Crippen LogP contribution < -0.4 is 5.32 Å². The largest absolute Gasteiger partial charge is 0.481 e. The monoisotopic (exact) mass is 364 g/mol. The van der Waals surface area contributed by atoms with Crippen molar-refractivity contribution in [3.8, 4) is 0 Å². The van der Waals surface area contributed by atoms with E-state index in [0.29, 0.717) is 0 Å². The fraction of sp³-hybridized carbons (Fsp3) is 0.500. The number of nitrogens with zero attached hydrogens (tertiary/aromatic N) is 1. The average Bonchev–Trinajstić information content (AvgIpc) is 2.52. The molecule has 2 heterocycles. The number of hydrogen-bond acceptors (Lipinski definition) is 5. The standard InChI is InChI=1S/C14H15F3N2O4S/c15-14(16,17)24-11-9(2-1-5-18-11)10(20)19-8-13(12(21)22)3-6-23-7-4-13/h1-2,5H,3-4,6-8H2,(H,19,20)(H,21,22). The number of carbonyl (C=O) groups is 2. The van der Waals surface area contributed by atoms with Crippen LogP contribution in [0.3, 0.4) is 0 Å². The van der Waals surface area contributed by atoms with Crippen LogP contribution in [-0.2, 0) is 9.53 Å². The van der Waals surface area contributed by atoms with Crippen molar-refractivity contribution in [2.45, 2.75) is 23.4 Å². The Kier molecular flexibility index (Phi) is 5.70. The highest BCUT2D eigenvalue weighted by Crippen LogP contribution is 2.37. The van der Waals surface area contributed by atoms with Crippen LogP contribution in [0.2, 0.25) is 0 Å². The average molecular weight is 364 g/mol.